The normalized spacial score (nSPS) is 22.7. The molecule has 2 aliphatic heterocycles. The summed E-state index contributed by atoms with van der Waals surface area (Å²) in [7, 11) is 0. The molecule has 1 aromatic rings. The first-order chi connectivity index (χ1) is 10.8. The molecule has 0 radical (unpaired) electrons. The van der Waals surface area contributed by atoms with Gasteiger partial charge in [-0.05, 0) is 18.4 Å². The second kappa shape index (κ2) is 7.61. The summed E-state index contributed by atoms with van der Waals surface area (Å²) in [6.45, 7) is 6.00. The van der Waals surface area contributed by atoms with Crippen molar-refractivity contribution in [2.75, 3.05) is 39.3 Å². The van der Waals surface area contributed by atoms with Crippen LogP contribution in [0.1, 0.15) is 18.4 Å². The van der Waals surface area contributed by atoms with Crippen LogP contribution in [0.2, 0.25) is 0 Å². The molecule has 120 valence electrons. The van der Waals surface area contributed by atoms with Gasteiger partial charge in [0, 0.05) is 45.9 Å². The molecule has 0 saturated carbocycles. The number of benzene rings is 1. The van der Waals surface area contributed by atoms with Gasteiger partial charge in [0.05, 0.1) is 6.10 Å². The molecule has 2 aliphatic rings. The number of carbonyl (C=O) groups excluding carboxylic acids is 1. The van der Waals surface area contributed by atoms with Gasteiger partial charge >= 0.3 is 6.03 Å². The van der Waals surface area contributed by atoms with Gasteiger partial charge in [0.2, 0.25) is 0 Å². The van der Waals surface area contributed by atoms with Gasteiger partial charge in [-0.2, -0.15) is 0 Å². The standard InChI is InChI=1S/C17H25N3O2/c21-17(18-13-15-5-2-1-3-6-15)20-10-8-19(9-11-20)14-16-7-4-12-22-16/h1-3,5-6,16H,4,7-14H2,(H,18,21)/t16-/m0/s1. The van der Waals surface area contributed by atoms with E-state index in [0.29, 0.717) is 12.6 Å². The van der Waals surface area contributed by atoms with Crippen LogP contribution >= 0.6 is 0 Å². The zero-order valence-electron chi connectivity index (χ0n) is 13.0. The Balaban J connectivity index is 1.38. The molecule has 2 amide bonds. The van der Waals surface area contributed by atoms with Crippen LogP contribution in [0, 0.1) is 0 Å². The highest BCUT2D eigenvalue weighted by Gasteiger charge is 2.24. The largest absolute Gasteiger partial charge is 0.377 e. The van der Waals surface area contributed by atoms with Gasteiger partial charge < -0.3 is 15.0 Å². The fourth-order valence-corrected chi connectivity index (χ4v) is 3.10. The van der Waals surface area contributed by atoms with E-state index in [-0.39, 0.29) is 6.03 Å². The first kappa shape index (κ1) is 15.3. The number of urea groups is 1. The van der Waals surface area contributed by atoms with Crippen molar-refractivity contribution >= 4 is 6.03 Å². The van der Waals surface area contributed by atoms with Gasteiger partial charge in [0.25, 0.3) is 0 Å². The molecule has 2 heterocycles. The van der Waals surface area contributed by atoms with Crippen LogP contribution in [0.3, 0.4) is 0 Å². The molecular weight excluding hydrogens is 278 g/mol. The number of hydrogen-bond acceptors (Lipinski definition) is 3. The highest BCUT2D eigenvalue weighted by atomic mass is 16.5. The fraction of sp³-hybridized carbons (Fsp3) is 0.588. The van der Waals surface area contributed by atoms with Crippen molar-refractivity contribution in [3.63, 3.8) is 0 Å². The van der Waals surface area contributed by atoms with E-state index in [1.165, 1.54) is 12.8 Å². The zero-order chi connectivity index (χ0) is 15.2. The van der Waals surface area contributed by atoms with Crippen molar-refractivity contribution in [3.05, 3.63) is 35.9 Å². The third-order valence-electron chi connectivity index (χ3n) is 4.43. The molecule has 22 heavy (non-hydrogen) atoms. The summed E-state index contributed by atoms with van der Waals surface area (Å²) in [6.07, 6.45) is 2.77. The average Bonchev–Trinajstić information content (AvgIpc) is 3.07. The van der Waals surface area contributed by atoms with Crippen LogP contribution in [-0.2, 0) is 11.3 Å². The summed E-state index contributed by atoms with van der Waals surface area (Å²) in [5, 5.41) is 3.00. The number of carbonyl (C=O) groups is 1. The second-order valence-electron chi connectivity index (χ2n) is 6.07. The quantitative estimate of drug-likeness (QED) is 0.921. The summed E-state index contributed by atoms with van der Waals surface area (Å²) in [5.41, 5.74) is 1.13. The number of ether oxygens (including phenoxy) is 1. The molecule has 0 unspecified atom stereocenters. The van der Waals surface area contributed by atoms with Crippen molar-refractivity contribution in [1.82, 2.24) is 15.1 Å². The van der Waals surface area contributed by atoms with E-state index in [1.54, 1.807) is 0 Å². The molecule has 2 saturated heterocycles. The average molecular weight is 303 g/mol. The lowest BCUT2D eigenvalue weighted by Gasteiger charge is -2.35. The number of piperazine rings is 1. The molecule has 3 rings (SSSR count). The van der Waals surface area contributed by atoms with Gasteiger partial charge in [-0.25, -0.2) is 4.79 Å². The lowest BCUT2D eigenvalue weighted by molar-refractivity contribution is 0.0561. The highest BCUT2D eigenvalue weighted by molar-refractivity contribution is 5.74. The van der Waals surface area contributed by atoms with Gasteiger partial charge in [-0.1, -0.05) is 30.3 Å². The fourth-order valence-electron chi connectivity index (χ4n) is 3.10. The molecule has 5 heteroatoms. The Morgan fingerprint density at radius 1 is 1.18 bits per heavy atom. The Kier molecular flexibility index (Phi) is 5.29. The molecule has 0 bridgehead atoms. The summed E-state index contributed by atoms with van der Waals surface area (Å²) in [6, 6.07) is 10.1. The zero-order valence-corrected chi connectivity index (χ0v) is 13.0. The summed E-state index contributed by atoms with van der Waals surface area (Å²) in [5.74, 6) is 0. The van der Waals surface area contributed by atoms with E-state index in [1.807, 2.05) is 35.2 Å². The van der Waals surface area contributed by atoms with Crippen molar-refractivity contribution < 1.29 is 9.53 Å². The number of nitrogens with zero attached hydrogens (tertiary/aromatic N) is 2. The van der Waals surface area contributed by atoms with Gasteiger partial charge in [0.15, 0.2) is 0 Å². The Morgan fingerprint density at radius 3 is 2.64 bits per heavy atom. The summed E-state index contributed by atoms with van der Waals surface area (Å²) < 4.78 is 5.68. The van der Waals surface area contributed by atoms with Crippen LogP contribution in [-0.4, -0.2) is 61.3 Å². The number of hydrogen-bond donors (Lipinski definition) is 1. The number of rotatable bonds is 4. The molecule has 0 spiro atoms. The third kappa shape index (κ3) is 4.21. The molecular formula is C17H25N3O2. The maximum absolute atomic E-state index is 12.2. The predicted octanol–water partition coefficient (Wildman–Crippen LogP) is 1.69. The van der Waals surface area contributed by atoms with Crippen LogP contribution in [0.4, 0.5) is 4.79 Å². The maximum atomic E-state index is 12.2. The topological polar surface area (TPSA) is 44.8 Å². The molecule has 1 atom stereocenters. The highest BCUT2D eigenvalue weighted by Crippen LogP contribution is 2.14. The lowest BCUT2D eigenvalue weighted by Crippen LogP contribution is -2.52. The van der Waals surface area contributed by atoms with E-state index in [4.69, 9.17) is 4.74 Å². The molecule has 1 N–H and O–H groups in total. The number of amides is 2. The van der Waals surface area contributed by atoms with Crippen molar-refractivity contribution in [1.29, 1.82) is 0 Å². The molecule has 5 nitrogen and oxygen atoms in total. The van der Waals surface area contributed by atoms with Crippen molar-refractivity contribution in [2.24, 2.45) is 0 Å². The Morgan fingerprint density at radius 2 is 1.95 bits per heavy atom. The van der Waals surface area contributed by atoms with E-state index in [2.05, 4.69) is 10.2 Å². The molecule has 0 aromatic heterocycles. The Bertz CT molecular complexity index is 466. The van der Waals surface area contributed by atoms with Crippen molar-refractivity contribution in [2.45, 2.75) is 25.5 Å². The van der Waals surface area contributed by atoms with Crippen LogP contribution in [0.5, 0.6) is 0 Å². The summed E-state index contributed by atoms with van der Waals surface area (Å²) >= 11 is 0. The Hall–Kier alpha value is -1.59. The van der Waals surface area contributed by atoms with Gasteiger partial charge in [0.1, 0.15) is 0 Å². The minimum absolute atomic E-state index is 0.0422. The van der Waals surface area contributed by atoms with Crippen LogP contribution in [0.15, 0.2) is 30.3 Å². The molecule has 1 aromatic carbocycles. The van der Waals surface area contributed by atoms with E-state index < -0.39 is 0 Å². The first-order valence-electron chi connectivity index (χ1n) is 8.22. The lowest BCUT2D eigenvalue weighted by atomic mass is 10.2. The predicted molar refractivity (Wildman–Crippen MR) is 85.7 cm³/mol. The van der Waals surface area contributed by atoms with Crippen LogP contribution < -0.4 is 5.32 Å². The second-order valence-corrected chi connectivity index (χ2v) is 6.07. The third-order valence-corrected chi connectivity index (χ3v) is 4.43. The van der Waals surface area contributed by atoms with Crippen LogP contribution in [0.25, 0.3) is 0 Å². The summed E-state index contributed by atoms with van der Waals surface area (Å²) in [4.78, 5) is 16.5. The number of nitrogens with one attached hydrogen (secondary N) is 1. The van der Waals surface area contributed by atoms with Gasteiger partial charge in [-0.15, -0.1) is 0 Å². The monoisotopic (exact) mass is 303 g/mol. The SMILES string of the molecule is O=C(NCc1ccccc1)N1CCN(C[C@@H]2CCCO2)CC1. The minimum Gasteiger partial charge on any atom is -0.377 e. The Labute approximate surface area is 132 Å². The van der Waals surface area contributed by atoms with Crippen molar-refractivity contribution in [3.8, 4) is 0 Å². The van der Waals surface area contributed by atoms with Gasteiger partial charge in [-0.3, -0.25) is 4.90 Å². The molecule has 0 aliphatic carbocycles. The minimum atomic E-state index is 0.0422. The van der Waals surface area contributed by atoms with E-state index >= 15 is 0 Å². The maximum Gasteiger partial charge on any atom is 0.317 e. The molecule has 2 fully saturated rings. The smallest absolute Gasteiger partial charge is 0.317 e. The van der Waals surface area contributed by atoms with E-state index in [9.17, 15) is 4.79 Å². The van der Waals surface area contributed by atoms with E-state index in [0.717, 1.165) is 44.9 Å². The first-order valence-corrected chi connectivity index (χ1v) is 8.22.